The highest BCUT2D eigenvalue weighted by Crippen LogP contribution is 2.12. The lowest BCUT2D eigenvalue weighted by atomic mass is 10.4. The molecule has 2 aromatic heterocycles. The van der Waals surface area contributed by atoms with E-state index in [4.69, 9.17) is 5.73 Å². The minimum Gasteiger partial charge on any atom is -0.396 e. The van der Waals surface area contributed by atoms with Crippen LogP contribution in [-0.4, -0.2) is 25.6 Å². The minimum atomic E-state index is 0.442. The van der Waals surface area contributed by atoms with Gasteiger partial charge in [-0.1, -0.05) is 5.21 Å². The van der Waals surface area contributed by atoms with Gasteiger partial charge in [-0.05, 0) is 12.1 Å². The second kappa shape index (κ2) is 3.69. The third-order valence-electron chi connectivity index (χ3n) is 1.64. The maximum absolute atomic E-state index is 5.67. The monoisotopic (exact) mass is 191 g/mol. The van der Waals surface area contributed by atoms with Gasteiger partial charge in [0.05, 0.1) is 12.2 Å². The van der Waals surface area contributed by atoms with Gasteiger partial charge in [-0.25, -0.2) is 4.98 Å². The number of aromatic nitrogens is 5. The standard InChI is InChI=1S/C7H9N7/c8-5-2-1-3-9-7(5)10-4-6-11-13-14-12-6/h1-3H,4,8H2,(H,9,10)(H,11,12,13,14). The summed E-state index contributed by atoms with van der Waals surface area (Å²) in [6.45, 7) is 0.442. The van der Waals surface area contributed by atoms with Crippen molar-refractivity contribution in [3.05, 3.63) is 24.2 Å². The first-order valence-corrected chi connectivity index (χ1v) is 4.03. The summed E-state index contributed by atoms with van der Waals surface area (Å²) in [5, 5.41) is 16.3. The summed E-state index contributed by atoms with van der Waals surface area (Å²) in [7, 11) is 0. The van der Waals surface area contributed by atoms with Crippen molar-refractivity contribution in [3.63, 3.8) is 0 Å². The molecule has 0 spiro atoms. The quantitative estimate of drug-likeness (QED) is 0.619. The number of H-pyrrole nitrogens is 1. The van der Waals surface area contributed by atoms with Crippen molar-refractivity contribution < 1.29 is 0 Å². The van der Waals surface area contributed by atoms with Gasteiger partial charge in [0.2, 0.25) is 0 Å². The Bertz CT molecular complexity index is 396. The van der Waals surface area contributed by atoms with Crippen LogP contribution in [0.15, 0.2) is 18.3 Å². The molecule has 0 radical (unpaired) electrons. The molecule has 7 heteroatoms. The maximum atomic E-state index is 5.67. The predicted molar refractivity (Wildman–Crippen MR) is 50.2 cm³/mol. The second-order valence-corrected chi connectivity index (χ2v) is 2.62. The molecule has 0 saturated heterocycles. The summed E-state index contributed by atoms with van der Waals surface area (Å²) >= 11 is 0. The van der Waals surface area contributed by atoms with Crippen molar-refractivity contribution >= 4 is 11.5 Å². The Balaban J connectivity index is 2.02. The second-order valence-electron chi connectivity index (χ2n) is 2.62. The molecule has 4 N–H and O–H groups in total. The summed E-state index contributed by atoms with van der Waals surface area (Å²) in [5.41, 5.74) is 6.26. The lowest BCUT2D eigenvalue weighted by molar-refractivity contribution is 0.881. The largest absolute Gasteiger partial charge is 0.396 e. The molecule has 0 aliphatic carbocycles. The van der Waals surface area contributed by atoms with Crippen molar-refractivity contribution in [3.8, 4) is 0 Å². The highest BCUT2D eigenvalue weighted by Gasteiger charge is 2.00. The number of nitrogens with one attached hydrogen (secondary N) is 2. The molecule has 2 aromatic rings. The number of aromatic amines is 1. The molecule has 0 bridgehead atoms. The Morgan fingerprint density at radius 2 is 2.43 bits per heavy atom. The molecule has 0 aliphatic rings. The predicted octanol–water partition coefficient (Wildman–Crippen LogP) is -0.211. The van der Waals surface area contributed by atoms with Crippen LogP contribution in [0.1, 0.15) is 5.82 Å². The Morgan fingerprint density at radius 3 is 3.14 bits per heavy atom. The third kappa shape index (κ3) is 1.76. The fourth-order valence-corrected chi connectivity index (χ4v) is 0.986. The van der Waals surface area contributed by atoms with E-state index in [0.717, 1.165) is 0 Å². The zero-order valence-corrected chi connectivity index (χ0v) is 7.31. The Morgan fingerprint density at radius 1 is 1.50 bits per heavy atom. The van der Waals surface area contributed by atoms with E-state index in [1.165, 1.54) is 0 Å². The number of pyridine rings is 1. The molecule has 2 heterocycles. The number of tetrazole rings is 1. The number of anilines is 2. The topological polar surface area (TPSA) is 105 Å². The number of nitrogens with zero attached hydrogens (tertiary/aromatic N) is 4. The van der Waals surface area contributed by atoms with Crippen molar-refractivity contribution in [1.82, 2.24) is 25.6 Å². The summed E-state index contributed by atoms with van der Waals surface area (Å²) in [5.74, 6) is 1.19. The Labute approximate surface area is 79.7 Å². The SMILES string of the molecule is Nc1cccnc1NCc1nn[nH]n1. The van der Waals surface area contributed by atoms with E-state index in [2.05, 4.69) is 30.9 Å². The lowest BCUT2D eigenvalue weighted by Gasteiger charge is -2.04. The van der Waals surface area contributed by atoms with Crippen LogP contribution in [0.2, 0.25) is 0 Å². The van der Waals surface area contributed by atoms with Gasteiger partial charge in [0.15, 0.2) is 5.82 Å². The zero-order chi connectivity index (χ0) is 9.80. The molecule has 7 nitrogen and oxygen atoms in total. The molecular formula is C7H9N7. The molecule has 0 saturated carbocycles. The van der Waals surface area contributed by atoms with Gasteiger partial charge in [0.25, 0.3) is 0 Å². The average molecular weight is 191 g/mol. The fraction of sp³-hybridized carbons (Fsp3) is 0.143. The number of nitrogen functional groups attached to an aromatic ring is 1. The summed E-state index contributed by atoms with van der Waals surface area (Å²) in [6, 6.07) is 3.54. The van der Waals surface area contributed by atoms with E-state index in [1.54, 1.807) is 18.3 Å². The van der Waals surface area contributed by atoms with Gasteiger partial charge in [-0.3, -0.25) is 0 Å². The smallest absolute Gasteiger partial charge is 0.193 e. The number of nitrogens with two attached hydrogens (primary N) is 1. The molecule has 2 rings (SSSR count). The maximum Gasteiger partial charge on any atom is 0.193 e. The number of rotatable bonds is 3. The van der Waals surface area contributed by atoms with Crippen LogP contribution in [0.25, 0.3) is 0 Å². The minimum absolute atomic E-state index is 0.442. The van der Waals surface area contributed by atoms with Gasteiger partial charge in [-0.15, -0.1) is 10.2 Å². The van der Waals surface area contributed by atoms with E-state index < -0.39 is 0 Å². The fourth-order valence-electron chi connectivity index (χ4n) is 0.986. The van der Waals surface area contributed by atoms with E-state index >= 15 is 0 Å². The highest BCUT2D eigenvalue weighted by atomic mass is 15.5. The Kier molecular flexibility index (Phi) is 2.22. The molecule has 0 aliphatic heterocycles. The van der Waals surface area contributed by atoms with Gasteiger partial charge >= 0.3 is 0 Å². The molecule has 0 unspecified atom stereocenters. The van der Waals surface area contributed by atoms with Gasteiger partial charge in [0.1, 0.15) is 5.82 Å². The van der Waals surface area contributed by atoms with Crippen molar-refractivity contribution in [2.45, 2.75) is 6.54 Å². The van der Waals surface area contributed by atoms with Crippen LogP contribution >= 0.6 is 0 Å². The number of hydrogen-bond donors (Lipinski definition) is 3. The average Bonchev–Trinajstić information content (AvgIpc) is 2.69. The van der Waals surface area contributed by atoms with Crippen LogP contribution in [-0.2, 0) is 6.54 Å². The molecule has 0 amide bonds. The molecule has 14 heavy (non-hydrogen) atoms. The van der Waals surface area contributed by atoms with Crippen LogP contribution < -0.4 is 11.1 Å². The van der Waals surface area contributed by atoms with E-state index in [9.17, 15) is 0 Å². The van der Waals surface area contributed by atoms with Crippen molar-refractivity contribution in [1.29, 1.82) is 0 Å². The van der Waals surface area contributed by atoms with Gasteiger partial charge < -0.3 is 11.1 Å². The van der Waals surface area contributed by atoms with Crippen LogP contribution in [0.3, 0.4) is 0 Å². The van der Waals surface area contributed by atoms with Gasteiger partial charge in [-0.2, -0.15) is 5.21 Å². The summed E-state index contributed by atoms with van der Waals surface area (Å²) in [4.78, 5) is 4.06. The Hall–Kier alpha value is -2.18. The molecule has 0 fully saturated rings. The van der Waals surface area contributed by atoms with E-state index in [1.807, 2.05) is 0 Å². The molecular weight excluding hydrogens is 182 g/mol. The first-order chi connectivity index (χ1) is 6.86. The van der Waals surface area contributed by atoms with Crippen molar-refractivity contribution in [2.75, 3.05) is 11.1 Å². The highest BCUT2D eigenvalue weighted by molar-refractivity contribution is 5.60. The van der Waals surface area contributed by atoms with E-state index in [0.29, 0.717) is 23.9 Å². The van der Waals surface area contributed by atoms with Gasteiger partial charge in [0, 0.05) is 6.20 Å². The molecule has 0 atom stereocenters. The normalized spacial score (nSPS) is 10.0. The number of hydrogen-bond acceptors (Lipinski definition) is 6. The van der Waals surface area contributed by atoms with Crippen LogP contribution in [0, 0.1) is 0 Å². The van der Waals surface area contributed by atoms with E-state index in [-0.39, 0.29) is 0 Å². The van der Waals surface area contributed by atoms with Crippen LogP contribution in [0.5, 0.6) is 0 Å². The lowest BCUT2D eigenvalue weighted by Crippen LogP contribution is -2.05. The molecule has 0 aromatic carbocycles. The van der Waals surface area contributed by atoms with Crippen LogP contribution in [0.4, 0.5) is 11.5 Å². The third-order valence-corrected chi connectivity index (χ3v) is 1.64. The first kappa shape index (κ1) is 8.42. The summed E-state index contributed by atoms with van der Waals surface area (Å²) in [6.07, 6.45) is 1.66. The first-order valence-electron chi connectivity index (χ1n) is 4.03. The summed E-state index contributed by atoms with van der Waals surface area (Å²) < 4.78 is 0. The molecule has 72 valence electrons. The van der Waals surface area contributed by atoms with Crippen molar-refractivity contribution in [2.24, 2.45) is 0 Å². The zero-order valence-electron chi connectivity index (χ0n) is 7.31.